The van der Waals surface area contributed by atoms with E-state index in [9.17, 15) is 9.59 Å². The number of esters is 1. The van der Waals surface area contributed by atoms with Crippen molar-refractivity contribution in [2.24, 2.45) is 16.7 Å². The quantitative estimate of drug-likeness (QED) is 0.443. The Labute approximate surface area is 169 Å². The first-order valence-electron chi connectivity index (χ1n) is 10.4. The van der Waals surface area contributed by atoms with E-state index < -0.39 is 0 Å². The first kappa shape index (κ1) is 20.8. The Balaban J connectivity index is 1.47. The fraction of sp³-hybridized carbons (Fsp3) is 0.652. The fourth-order valence-electron chi connectivity index (χ4n) is 5.17. The van der Waals surface area contributed by atoms with Gasteiger partial charge in [-0.25, -0.2) is 4.79 Å². The number of fused-ring (bicyclic) bond motifs is 2. The molecule has 28 heavy (non-hydrogen) atoms. The predicted octanol–water partition coefficient (Wildman–Crippen LogP) is 3.39. The van der Waals surface area contributed by atoms with Crippen LogP contribution < -0.4 is 10.1 Å². The lowest BCUT2D eigenvalue weighted by molar-refractivity contribution is -0.882. The number of hydrogen-bond donors (Lipinski definition) is 1. The molecule has 1 aromatic rings. The van der Waals surface area contributed by atoms with Crippen LogP contribution in [0.15, 0.2) is 30.3 Å². The Kier molecular flexibility index (Phi) is 5.59. The van der Waals surface area contributed by atoms with Crippen molar-refractivity contribution < 1.29 is 18.8 Å². The Morgan fingerprint density at radius 2 is 1.86 bits per heavy atom. The minimum Gasteiger partial charge on any atom is -0.422 e. The van der Waals surface area contributed by atoms with E-state index in [0.717, 1.165) is 6.42 Å². The van der Waals surface area contributed by atoms with E-state index in [1.807, 2.05) is 32.3 Å². The largest absolute Gasteiger partial charge is 0.422 e. The number of para-hydroxylation sites is 1. The molecule has 5 heteroatoms. The van der Waals surface area contributed by atoms with Gasteiger partial charge in [0.05, 0.1) is 27.1 Å². The van der Waals surface area contributed by atoms with Crippen LogP contribution in [0.3, 0.4) is 0 Å². The van der Waals surface area contributed by atoms with E-state index in [1.165, 1.54) is 12.8 Å². The maximum Gasteiger partial charge on any atom is 0.367 e. The second-order valence-corrected chi connectivity index (χ2v) is 10.1. The van der Waals surface area contributed by atoms with Gasteiger partial charge in [0.2, 0.25) is 5.91 Å². The van der Waals surface area contributed by atoms with Crippen LogP contribution in [0.2, 0.25) is 0 Å². The zero-order valence-corrected chi connectivity index (χ0v) is 18.0. The molecule has 154 valence electrons. The van der Waals surface area contributed by atoms with E-state index >= 15 is 0 Å². The summed E-state index contributed by atoms with van der Waals surface area (Å²) in [5.41, 5.74) is 0.485. The summed E-state index contributed by atoms with van der Waals surface area (Å²) in [6, 6.07) is 9.36. The first-order chi connectivity index (χ1) is 13.0. The molecule has 0 aliphatic heterocycles. The summed E-state index contributed by atoms with van der Waals surface area (Å²) in [5, 5.41) is 3.31. The molecule has 0 unspecified atom stereocenters. The fourth-order valence-corrected chi connectivity index (χ4v) is 5.17. The lowest BCUT2D eigenvalue weighted by atomic mass is 9.69. The molecule has 2 bridgehead atoms. The number of nitrogens with zero attached hydrogens (tertiary/aromatic N) is 1. The molecule has 0 radical (unpaired) electrons. The number of ether oxygens (including phenoxy) is 1. The third-order valence-corrected chi connectivity index (χ3v) is 7.61. The van der Waals surface area contributed by atoms with Crippen LogP contribution >= 0.6 is 0 Å². The topological polar surface area (TPSA) is 55.4 Å². The Morgan fingerprint density at radius 1 is 1.18 bits per heavy atom. The number of quaternary nitrogens is 1. The van der Waals surface area contributed by atoms with Gasteiger partial charge in [0.25, 0.3) is 0 Å². The first-order valence-corrected chi connectivity index (χ1v) is 10.4. The SMILES string of the molecule is CC1(C)[C@H]2CC[C@]1(C)[C@H](NC(=O)CC[N+](C)(C)CC(=O)Oc1ccccc1)C2. The molecule has 2 aliphatic carbocycles. The highest BCUT2D eigenvalue weighted by Crippen LogP contribution is 2.65. The number of likely N-dealkylation sites (N-methyl/N-ethyl adjacent to an activating group) is 1. The van der Waals surface area contributed by atoms with E-state index in [2.05, 4.69) is 26.1 Å². The van der Waals surface area contributed by atoms with Gasteiger partial charge in [0.1, 0.15) is 5.75 Å². The van der Waals surface area contributed by atoms with Gasteiger partial charge in [-0.15, -0.1) is 0 Å². The summed E-state index contributed by atoms with van der Waals surface area (Å²) < 4.78 is 5.80. The number of carbonyl (C=O) groups excluding carboxylic acids is 2. The monoisotopic (exact) mass is 387 g/mol. The Morgan fingerprint density at radius 3 is 2.43 bits per heavy atom. The molecule has 3 atom stereocenters. The summed E-state index contributed by atoms with van der Waals surface area (Å²) >= 11 is 0. The maximum absolute atomic E-state index is 12.6. The molecule has 2 aliphatic rings. The molecule has 0 heterocycles. The second kappa shape index (κ2) is 7.51. The number of nitrogens with one attached hydrogen (secondary N) is 1. The van der Waals surface area contributed by atoms with Crippen molar-refractivity contribution in [2.75, 3.05) is 27.2 Å². The number of carbonyl (C=O) groups is 2. The van der Waals surface area contributed by atoms with Gasteiger partial charge in [0.15, 0.2) is 6.54 Å². The Bertz CT molecular complexity index is 729. The zero-order valence-electron chi connectivity index (χ0n) is 18.0. The Hall–Kier alpha value is -1.88. The molecule has 5 nitrogen and oxygen atoms in total. The van der Waals surface area contributed by atoms with Crippen LogP contribution in [0.4, 0.5) is 0 Å². The highest BCUT2D eigenvalue weighted by molar-refractivity contribution is 5.76. The van der Waals surface area contributed by atoms with Crippen molar-refractivity contribution in [3.05, 3.63) is 30.3 Å². The van der Waals surface area contributed by atoms with Crippen LogP contribution in [-0.2, 0) is 9.59 Å². The highest BCUT2D eigenvalue weighted by atomic mass is 16.5. The molecule has 0 saturated heterocycles. The van der Waals surface area contributed by atoms with Crippen molar-refractivity contribution in [1.82, 2.24) is 5.32 Å². The van der Waals surface area contributed by atoms with E-state index in [1.54, 1.807) is 12.1 Å². The van der Waals surface area contributed by atoms with Crippen LogP contribution in [0, 0.1) is 16.7 Å². The van der Waals surface area contributed by atoms with Crippen LogP contribution in [-0.4, -0.2) is 49.6 Å². The number of rotatable bonds is 7. The molecule has 1 aromatic carbocycles. The van der Waals surface area contributed by atoms with Gasteiger partial charge >= 0.3 is 5.97 Å². The van der Waals surface area contributed by atoms with Gasteiger partial charge in [-0.1, -0.05) is 39.0 Å². The lowest BCUT2D eigenvalue weighted by Gasteiger charge is -2.39. The average Bonchev–Trinajstić information content (AvgIpc) is 2.94. The van der Waals surface area contributed by atoms with Crippen molar-refractivity contribution in [3.63, 3.8) is 0 Å². The molecule has 0 spiro atoms. The van der Waals surface area contributed by atoms with Gasteiger partial charge in [0, 0.05) is 6.04 Å². The van der Waals surface area contributed by atoms with Crippen LogP contribution in [0.1, 0.15) is 46.5 Å². The van der Waals surface area contributed by atoms with Crippen molar-refractivity contribution >= 4 is 11.9 Å². The zero-order chi connectivity index (χ0) is 20.6. The molecular formula is C23H35N2O3+. The van der Waals surface area contributed by atoms with E-state index in [4.69, 9.17) is 4.74 Å². The van der Waals surface area contributed by atoms with Crippen LogP contribution in [0.5, 0.6) is 5.75 Å². The van der Waals surface area contributed by atoms with Crippen LogP contribution in [0.25, 0.3) is 0 Å². The molecule has 1 N–H and O–H groups in total. The van der Waals surface area contributed by atoms with Gasteiger partial charge < -0.3 is 14.5 Å². The van der Waals surface area contributed by atoms with E-state index in [-0.39, 0.29) is 29.9 Å². The van der Waals surface area contributed by atoms with Crippen molar-refractivity contribution in [3.8, 4) is 5.75 Å². The highest BCUT2D eigenvalue weighted by Gasteiger charge is 2.61. The number of hydrogen-bond acceptors (Lipinski definition) is 3. The average molecular weight is 388 g/mol. The molecule has 2 saturated carbocycles. The molecule has 2 fully saturated rings. The third kappa shape index (κ3) is 4.09. The summed E-state index contributed by atoms with van der Waals surface area (Å²) in [4.78, 5) is 24.8. The van der Waals surface area contributed by atoms with Gasteiger partial charge in [-0.3, -0.25) is 4.79 Å². The van der Waals surface area contributed by atoms with Gasteiger partial charge in [-0.05, 0) is 48.1 Å². The molecule has 3 rings (SSSR count). The summed E-state index contributed by atoms with van der Waals surface area (Å²) in [5.74, 6) is 1.08. The summed E-state index contributed by atoms with van der Waals surface area (Å²) in [6.45, 7) is 7.89. The lowest BCUT2D eigenvalue weighted by Crippen LogP contribution is -2.50. The molecular weight excluding hydrogens is 352 g/mol. The van der Waals surface area contributed by atoms with E-state index in [0.29, 0.717) is 34.5 Å². The number of benzene rings is 1. The second-order valence-electron chi connectivity index (χ2n) is 10.1. The van der Waals surface area contributed by atoms with Crippen molar-refractivity contribution in [1.29, 1.82) is 0 Å². The third-order valence-electron chi connectivity index (χ3n) is 7.61. The predicted molar refractivity (Wildman–Crippen MR) is 110 cm³/mol. The normalized spacial score (nSPS) is 28.2. The minimum atomic E-state index is -0.279. The summed E-state index contributed by atoms with van der Waals surface area (Å²) in [6.07, 6.45) is 3.99. The standard InChI is InChI=1S/C23H34N2O3/c1-22(2)17-11-13-23(22,3)19(15-17)24-20(26)12-14-25(4,5)16-21(27)28-18-9-7-6-8-10-18/h6-10,17,19H,11-16H2,1-5H3/p+1/t17-,19+,23+/m0/s1. The maximum atomic E-state index is 12.6. The van der Waals surface area contributed by atoms with Gasteiger partial charge in [-0.2, -0.15) is 0 Å². The number of amides is 1. The smallest absolute Gasteiger partial charge is 0.367 e. The summed E-state index contributed by atoms with van der Waals surface area (Å²) in [7, 11) is 3.92. The van der Waals surface area contributed by atoms with Crippen molar-refractivity contribution in [2.45, 2.75) is 52.5 Å². The molecule has 0 aromatic heterocycles. The molecule has 1 amide bonds. The minimum absolute atomic E-state index is 0.0946.